The van der Waals surface area contributed by atoms with Crippen molar-refractivity contribution in [2.75, 3.05) is 0 Å². The molecule has 0 aromatic heterocycles. The van der Waals surface area contributed by atoms with Crippen LogP contribution in [0.25, 0.3) is 5.32 Å². The molecule has 0 N–H and O–H groups in total. The standard InChI is InChI=1S/C31H39N2.C5H12.ClH.Cu/c1-20(2)25-14-11-15-26(21(3)4)30(25)32-19-24-13-9-10-18-29(24)33-31-27(22(5)6)16-12-17-28(31)23(7)8;1-3-5-4-2;;/h9-23H,1-8H3;3-5H2,1-2H3;1H;/q-1;;;+2/p-1. The van der Waals surface area contributed by atoms with E-state index in [0.29, 0.717) is 23.7 Å². The Hall–Kier alpha value is -2.06. The molecule has 0 heterocycles. The van der Waals surface area contributed by atoms with Gasteiger partial charge < -0.3 is 17.7 Å². The van der Waals surface area contributed by atoms with E-state index in [9.17, 15) is 0 Å². The second-order valence-electron chi connectivity index (χ2n) is 11.5. The number of hydrogen-bond donors (Lipinski definition) is 0. The molecule has 0 spiro atoms. The molecule has 40 heavy (non-hydrogen) atoms. The van der Waals surface area contributed by atoms with Gasteiger partial charge in [-0.1, -0.05) is 160 Å². The Balaban J connectivity index is 0.00000199. The largest absolute Gasteiger partial charge is 2.00 e. The predicted molar refractivity (Wildman–Crippen MR) is 171 cm³/mol. The summed E-state index contributed by atoms with van der Waals surface area (Å²) >= 11 is 0. The molecule has 223 valence electrons. The Morgan fingerprint density at radius 2 is 1.05 bits per heavy atom. The quantitative estimate of drug-likeness (QED) is 0.162. The van der Waals surface area contributed by atoms with E-state index in [-0.39, 0.29) is 29.5 Å². The summed E-state index contributed by atoms with van der Waals surface area (Å²) in [5.41, 5.74) is 9.37. The van der Waals surface area contributed by atoms with Crippen molar-refractivity contribution in [2.24, 2.45) is 4.99 Å². The van der Waals surface area contributed by atoms with E-state index >= 15 is 0 Å². The second kappa shape index (κ2) is 19.1. The molecule has 0 saturated heterocycles. The number of rotatable bonds is 10. The van der Waals surface area contributed by atoms with Crippen LogP contribution in [0.4, 0.5) is 17.1 Å². The number of aliphatic imine (C=N–C) groups is 1. The van der Waals surface area contributed by atoms with Crippen LogP contribution < -0.4 is 12.4 Å². The van der Waals surface area contributed by atoms with Crippen LogP contribution in [0.3, 0.4) is 0 Å². The third kappa shape index (κ3) is 10.7. The molecule has 0 aliphatic carbocycles. The summed E-state index contributed by atoms with van der Waals surface area (Å²) in [5, 5.41) is 5.22. The van der Waals surface area contributed by atoms with Crippen molar-refractivity contribution in [3.8, 4) is 0 Å². The summed E-state index contributed by atoms with van der Waals surface area (Å²) in [4.78, 5) is 5.05. The molecule has 3 aromatic carbocycles. The van der Waals surface area contributed by atoms with E-state index in [1.165, 1.54) is 41.5 Å². The van der Waals surface area contributed by atoms with Crippen molar-refractivity contribution in [3.05, 3.63) is 93.8 Å². The minimum atomic E-state index is 0. The molecule has 3 aromatic rings. The van der Waals surface area contributed by atoms with Crippen molar-refractivity contribution in [3.63, 3.8) is 0 Å². The summed E-state index contributed by atoms with van der Waals surface area (Å²) < 4.78 is 0. The number of halogens is 1. The van der Waals surface area contributed by atoms with Gasteiger partial charge in [0.2, 0.25) is 0 Å². The molecule has 4 heteroatoms. The topological polar surface area (TPSA) is 26.5 Å². The van der Waals surface area contributed by atoms with Crippen molar-refractivity contribution >= 4 is 23.3 Å². The van der Waals surface area contributed by atoms with Crippen LogP contribution in [0.1, 0.15) is 140 Å². The SMILES string of the molecule is CC(C)c1cccc(C(C)C)c1N=Cc1ccccc1[N-]c1c(C(C)C)cccc1C(C)C.CCCCC.[Cl-].[Cu+2]. The van der Waals surface area contributed by atoms with E-state index in [1.54, 1.807) is 0 Å². The minimum Gasteiger partial charge on any atom is -1.00 e. The molecule has 0 unspecified atom stereocenters. The molecule has 0 aliphatic heterocycles. The van der Waals surface area contributed by atoms with Gasteiger partial charge >= 0.3 is 17.1 Å². The third-order valence-electron chi connectivity index (χ3n) is 6.89. The van der Waals surface area contributed by atoms with Crippen LogP contribution >= 0.6 is 0 Å². The fourth-order valence-electron chi connectivity index (χ4n) is 4.61. The van der Waals surface area contributed by atoms with Crippen molar-refractivity contribution in [1.82, 2.24) is 0 Å². The van der Waals surface area contributed by atoms with Gasteiger partial charge in [0, 0.05) is 6.21 Å². The van der Waals surface area contributed by atoms with Crippen molar-refractivity contribution in [2.45, 2.75) is 112 Å². The molecule has 0 atom stereocenters. The van der Waals surface area contributed by atoms with Crippen molar-refractivity contribution in [1.29, 1.82) is 0 Å². The summed E-state index contributed by atoms with van der Waals surface area (Å²) in [7, 11) is 0. The molecule has 0 aliphatic rings. The maximum Gasteiger partial charge on any atom is 2.00 e. The minimum absolute atomic E-state index is 0. The monoisotopic (exact) mass is 609 g/mol. The van der Waals surface area contributed by atoms with Crippen molar-refractivity contribution < 1.29 is 29.5 Å². The van der Waals surface area contributed by atoms with Crippen LogP contribution in [0.5, 0.6) is 0 Å². The third-order valence-corrected chi connectivity index (χ3v) is 6.89. The van der Waals surface area contributed by atoms with E-state index in [2.05, 4.69) is 130 Å². The van der Waals surface area contributed by atoms with E-state index in [0.717, 1.165) is 22.6 Å². The van der Waals surface area contributed by atoms with Crippen LogP contribution in [0.15, 0.2) is 65.7 Å². The predicted octanol–water partition coefficient (Wildman–Crippen LogP) is 9.47. The van der Waals surface area contributed by atoms with Crippen LogP contribution in [0, 0.1) is 0 Å². The molecule has 0 bridgehead atoms. The zero-order valence-corrected chi connectivity index (χ0v) is 28.1. The number of nitrogens with zero attached hydrogens (tertiary/aromatic N) is 2. The summed E-state index contributed by atoms with van der Waals surface area (Å²) in [6, 6.07) is 21.5. The first kappa shape index (κ1) is 37.9. The first-order chi connectivity index (χ1) is 18.1. The molecule has 3 rings (SSSR count). The Labute approximate surface area is 262 Å². The number of unbranched alkanes of at least 4 members (excludes halogenated alkanes) is 2. The van der Waals surface area contributed by atoms with Gasteiger partial charge in [-0.25, -0.2) is 0 Å². The maximum absolute atomic E-state index is 5.22. The molecule has 0 saturated carbocycles. The average molecular weight is 611 g/mol. The zero-order chi connectivity index (χ0) is 28.2. The molecule has 0 amide bonds. The second-order valence-corrected chi connectivity index (χ2v) is 11.5. The Kier molecular flexibility index (Phi) is 18.1. The fourth-order valence-corrected chi connectivity index (χ4v) is 4.61. The summed E-state index contributed by atoms with van der Waals surface area (Å²) in [5.74, 6) is 1.66. The zero-order valence-electron chi connectivity index (χ0n) is 26.4. The van der Waals surface area contributed by atoms with Gasteiger partial charge in [-0.05, 0) is 40.4 Å². The van der Waals surface area contributed by atoms with Gasteiger partial charge in [0.25, 0.3) is 0 Å². The summed E-state index contributed by atoms with van der Waals surface area (Å²) in [6.07, 6.45) is 6.08. The smallest absolute Gasteiger partial charge is 1.00 e. The summed E-state index contributed by atoms with van der Waals surface area (Å²) in [6.45, 7) is 22.3. The van der Waals surface area contributed by atoms with Gasteiger partial charge in [0.15, 0.2) is 0 Å². The maximum atomic E-state index is 5.22. The molecular formula is C36H51ClCuN2. The van der Waals surface area contributed by atoms with E-state index in [4.69, 9.17) is 10.3 Å². The first-order valence-corrected chi connectivity index (χ1v) is 14.7. The van der Waals surface area contributed by atoms with Crippen LogP contribution in [0.2, 0.25) is 0 Å². The Bertz CT molecular complexity index is 1110. The number of para-hydroxylation sites is 3. The normalized spacial score (nSPS) is 10.9. The number of hydrogen-bond acceptors (Lipinski definition) is 1. The van der Waals surface area contributed by atoms with E-state index in [1.807, 2.05) is 6.21 Å². The van der Waals surface area contributed by atoms with Crippen LogP contribution in [-0.2, 0) is 17.1 Å². The van der Waals surface area contributed by atoms with Gasteiger partial charge in [-0.3, -0.25) is 4.99 Å². The Morgan fingerprint density at radius 1 is 0.625 bits per heavy atom. The van der Waals surface area contributed by atoms with Crippen LogP contribution in [-0.4, -0.2) is 6.21 Å². The molecule has 2 nitrogen and oxygen atoms in total. The fraction of sp³-hybridized carbons (Fsp3) is 0.472. The molecule has 0 fully saturated rings. The van der Waals surface area contributed by atoms with Gasteiger partial charge in [-0.2, -0.15) is 0 Å². The molecular weight excluding hydrogens is 559 g/mol. The van der Waals surface area contributed by atoms with Gasteiger partial charge in [0.05, 0.1) is 5.69 Å². The Morgan fingerprint density at radius 3 is 1.45 bits per heavy atom. The van der Waals surface area contributed by atoms with Gasteiger partial charge in [0.1, 0.15) is 0 Å². The average Bonchev–Trinajstić information content (AvgIpc) is 2.88. The van der Waals surface area contributed by atoms with E-state index < -0.39 is 0 Å². The number of benzene rings is 3. The van der Waals surface area contributed by atoms with Gasteiger partial charge in [-0.15, -0.1) is 11.4 Å². The molecule has 1 radical (unpaired) electrons. The first-order valence-electron chi connectivity index (χ1n) is 14.7.